The number of rotatable bonds is 21. The molecule has 0 saturated heterocycles. The molecule has 1 unspecified atom stereocenters. The molecule has 3 aliphatic rings. The smallest absolute Gasteiger partial charge is 0.220 e. The summed E-state index contributed by atoms with van der Waals surface area (Å²) in [5.74, 6) is 0.221. The van der Waals surface area contributed by atoms with Crippen LogP contribution in [0.4, 0.5) is 31.0 Å². The molecule has 12 rings (SSSR count). The van der Waals surface area contributed by atoms with Gasteiger partial charge in [-0.25, -0.2) is 58.0 Å². The number of hydrogen-bond acceptors (Lipinski definition) is 27. The number of aliphatic hydroxyl groups is 6. The van der Waals surface area contributed by atoms with Crippen molar-refractivity contribution in [2.24, 2.45) is 15.5 Å². The third kappa shape index (κ3) is 18.0. The number of oxime groups is 3. The number of fused-ring (bicyclic) bond motifs is 3. The van der Waals surface area contributed by atoms with Crippen LogP contribution in [0.15, 0.2) is 125 Å². The Labute approximate surface area is 584 Å². The van der Waals surface area contributed by atoms with Crippen molar-refractivity contribution >= 4 is 35.0 Å². The minimum atomic E-state index is -1.05. The molecular weight excluding hydrogens is 1320 g/mol. The lowest BCUT2D eigenvalue weighted by Crippen LogP contribution is -2.25. The van der Waals surface area contributed by atoms with Gasteiger partial charge in [0.05, 0.1) is 110 Å². The molecule has 534 valence electrons. The number of aryl methyl sites for hydroxylation is 3. The number of pyridine rings is 3. The lowest BCUT2D eigenvalue weighted by atomic mass is 9.79. The zero-order valence-electron chi connectivity index (χ0n) is 56.7. The highest BCUT2D eigenvalue weighted by Gasteiger charge is 2.35. The van der Waals surface area contributed by atoms with Crippen molar-refractivity contribution in [2.75, 3.05) is 78.2 Å². The second kappa shape index (κ2) is 34.0. The van der Waals surface area contributed by atoms with Crippen molar-refractivity contribution in [3.8, 4) is 51.4 Å². The van der Waals surface area contributed by atoms with Crippen LogP contribution in [0, 0.1) is 38.2 Å². The summed E-state index contributed by atoms with van der Waals surface area (Å²) in [6.07, 6.45) is -0.173. The van der Waals surface area contributed by atoms with Gasteiger partial charge >= 0.3 is 0 Å². The average Bonchev–Trinajstić information content (AvgIpc) is 0.778. The lowest BCUT2D eigenvalue weighted by molar-refractivity contribution is 0.00812. The van der Waals surface area contributed by atoms with Crippen molar-refractivity contribution in [3.05, 3.63) is 194 Å². The van der Waals surface area contributed by atoms with Crippen molar-refractivity contribution in [1.82, 2.24) is 44.9 Å². The third-order valence-corrected chi connectivity index (χ3v) is 17.0. The standard InChI is InChI=1S/3C24H26FN5O4/c3*1-13-23-20(29-24(26)27-13)8-14(9-21(23)30-34-12-16(32)11-31)17-7-6-15(25)10-18(17)19-4-3-5-22(28-19)33-2/h3*3-7,10,14,16,31-32H,8-9,11-12H2,1-2H3,(H2,26,27,29)/b3*30-21+/t14?,16-;14-,16+;14-,16-/m101/s1. The van der Waals surface area contributed by atoms with Gasteiger partial charge < -0.3 is 76.6 Å². The average molecular weight is 1400 g/mol. The van der Waals surface area contributed by atoms with Gasteiger partial charge in [-0.15, -0.1) is 0 Å². The molecule has 6 atom stereocenters. The van der Waals surface area contributed by atoms with Gasteiger partial charge in [-0.3, -0.25) is 0 Å². The summed E-state index contributed by atoms with van der Waals surface area (Å²) < 4.78 is 58.6. The SMILES string of the molecule is COc1cccc(-c2cc(F)ccc2C2C/C(=N\OC[C@H](O)CO)c3c(C)nc(N)nc3C2)n1.COc1cccc(-c2cc(F)ccc2[C@@H]2C/C(=N\OC[C@H](O)CO)c3c(C)nc(N)nc3C2)n1.COc1cccc(-c2cc(F)ccc2[C@H]2C/C(=N\OC[C@H](O)CO)c3c(C)nc(N)nc3C2)n1. The molecule has 3 aromatic carbocycles. The minimum absolute atomic E-state index is 0.130. The summed E-state index contributed by atoms with van der Waals surface area (Å²) >= 11 is 0. The highest BCUT2D eigenvalue weighted by molar-refractivity contribution is 6.05. The number of aliphatic hydroxyl groups excluding tert-OH is 6. The van der Waals surface area contributed by atoms with Crippen molar-refractivity contribution < 1.29 is 72.5 Å². The van der Waals surface area contributed by atoms with Gasteiger partial charge in [0.1, 0.15) is 55.6 Å². The quantitative estimate of drug-likeness (QED) is 0.0323. The zero-order chi connectivity index (χ0) is 72.7. The Kier molecular flexibility index (Phi) is 24.6. The molecule has 27 nitrogen and oxygen atoms in total. The van der Waals surface area contributed by atoms with E-state index in [1.807, 2.05) is 20.8 Å². The Morgan fingerprint density at radius 3 is 0.931 bits per heavy atom. The first-order valence-electron chi connectivity index (χ1n) is 32.4. The van der Waals surface area contributed by atoms with Crippen molar-refractivity contribution in [1.29, 1.82) is 0 Å². The number of hydrogen-bond donors (Lipinski definition) is 9. The highest BCUT2D eigenvalue weighted by atomic mass is 19.1. The Bertz CT molecular complexity index is 4110. The predicted octanol–water partition coefficient (Wildman–Crippen LogP) is 7.14. The van der Waals surface area contributed by atoms with E-state index in [4.69, 9.17) is 61.2 Å². The Hall–Kier alpha value is -10.9. The molecule has 6 heterocycles. The number of methoxy groups -OCH3 is 3. The minimum Gasteiger partial charge on any atom is -0.481 e. The zero-order valence-corrected chi connectivity index (χ0v) is 56.7. The van der Waals surface area contributed by atoms with Crippen LogP contribution in [0.2, 0.25) is 0 Å². The number of halogens is 3. The summed E-state index contributed by atoms with van der Waals surface area (Å²) in [6, 6.07) is 29.8. The van der Waals surface area contributed by atoms with E-state index in [2.05, 4.69) is 60.3 Å². The third-order valence-electron chi connectivity index (χ3n) is 17.0. The molecule has 0 bridgehead atoms. The van der Waals surface area contributed by atoms with Gasteiger partial charge in [-0.2, -0.15) is 0 Å². The van der Waals surface area contributed by atoms with E-state index in [0.29, 0.717) is 141 Å². The van der Waals surface area contributed by atoms with Gasteiger partial charge in [-0.05, 0) is 129 Å². The summed E-state index contributed by atoms with van der Waals surface area (Å²) in [5.41, 5.74) is 32.1. The molecule has 0 saturated carbocycles. The monoisotopic (exact) mass is 1400 g/mol. The Morgan fingerprint density at radius 1 is 0.402 bits per heavy atom. The Morgan fingerprint density at radius 2 is 0.676 bits per heavy atom. The van der Waals surface area contributed by atoms with E-state index in [0.717, 1.165) is 33.4 Å². The molecule has 12 N–H and O–H groups in total. The van der Waals surface area contributed by atoms with Crippen LogP contribution < -0.4 is 31.4 Å². The van der Waals surface area contributed by atoms with Gasteiger partial charge in [-0.1, -0.05) is 51.9 Å². The molecule has 9 aromatic rings. The molecular formula is C72H78F3N15O12. The van der Waals surface area contributed by atoms with Crippen LogP contribution in [0.3, 0.4) is 0 Å². The van der Waals surface area contributed by atoms with Crippen molar-refractivity contribution in [2.45, 2.75) is 95.4 Å². The second-order valence-electron chi connectivity index (χ2n) is 24.2. The number of anilines is 3. The largest absolute Gasteiger partial charge is 0.481 e. The van der Waals surface area contributed by atoms with E-state index in [1.165, 1.54) is 57.7 Å². The fourth-order valence-corrected chi connectivity index (χ4v) is 12.5. The summed E-state index contributed by atoms with van der Waals surface area (Å²) in [7, 11) is 4.58. The molecule has 3 aliphatic carbocycles. The first kappa shape index (κ1) is 73.8. The highest BCUT2D eigenvalue weighted by Crippen LogP contribution is 2.43. The number of nitrogens with zero attached hydrogens (tertiary/aromatic N) is 12. The van der Waals surface area contributed by atoms with Crippen LogP contribution in [-0.4, -0.2) is 172 Å². The fraction of sp³-hybridized carbons (Fsp3) is 0.333. The van der Waals surface area contributed by atoms with Crippen LogP contribution in [0.5, 0.6) is 17.6 Å². The topological polar surface area (TPSA) is 408 Å². The maximum absolute atomic E-state index is 14.3. The lowest BCUT2D eigenvalue weighted by Gasteiger charge is -2.28. The molecule has 0 spiro atoms. The van der Waals surface area contributed by atoms with Gasteiger partial charge in [0.15, 0.2) is 0 Å². The summed E-state index contributed by atoms with van der Waals surface area (Å²) in [5, 5.41) is 68.6. The van der Waals surface area contributed by atoms with Gasteiger partial charge in [0.2, 0.25) is 35.5 Å². The van der Waals surface area contributed by atoms with E-state index < -0.39 is 38.1 Å². The summed E-state index contributed by atoms with van der Waals surface area (Å²) in [4.78, 5) is 55.5. The normalized spacial score (nSPS) is 17.3. The first-order chi connectivity index (χ1) is 49.2. The first-order valence-corrected chi connectivity index (χ1v) is 32.4. The number of aromatic nitrogens is 9. The summed E-state index contributed by atoms with van der Waals surface area (Å²) in [6.45, 7) is 3.66. The molecule has 0 fully saturated rings. The van der Waals surface area contributed by atoms with Crippen LogP contribution >= 0.6 is 0 Å². The second-order valence-corrected chi connectivity index (χ2v) is 24.2. The fourth-order valence-electron chi connectivity index (χ4n) is 12.5. The predicted molar refractivity (Wildman–Crippen MR) is 372 cm³/mol. The number of ether oxygens (including phenoxy) is 3. The van der Waals surface area contributed by atoms with Gasteiger partial charge in [0, 0.05) is 70.8 Å². The van der Waals surface area contributed by atoms with Crippen molar-refractivity contribution in [3.63, 3.8) is 0 Å². The molecule has 0 aliphatic heterocycles. The van der Waals surface area contributed by atoms with Crippen LogP contribution in [0.25, 0.3) is 33.8 Å². The number of nitrogens with two attached hydrogens (primary N) is 3. The molecule has 102 heavy (non-hydrogen) atoms. The van der Waals surface area contributed by atoms with E-state index in [9.17, 15) is 28.5 Å². The molecule has 0 amide bonds. The molecule has 0 radical (unpaired) electrons. The van der Waals surface area contributed by atoms with E-state index in [-0.39, 0.29) is 72.9 Å². The Balaban J connectivity index is 0.000000165. The van der Waals surface area contributed by atoms with Crippen LogP contribution in [0.1, 0.15) is 105 Å². The van der Waals surface area contributed by atoms with E-state index >= 15 is 0 Å². The van der Waals surface area contributed by atoms with Crippen LogP contribution in [-0.2, 0) is 33.8 Å². The maximum Gasteiger partial charge on any atom is 0.220 e. The van der Waals surface area contributed by atoms with E-state index in [1.54, 1.807) is 72.8 Å². The number of nitrogen functional groups attached to an aromatic ring is 3. The molecule has 6 aromatic heterocycles. The number of benzene rings is 3. The van der Waals surface area contributed by atoms with Gasteiger partial charge in [0.25, 0.3) is 0 Å². The molecule has 30 heteroatoms. The maximum atomic E-state index is 14.3.